The minimum atomic E-state index is 0.0671. The number of aromatic nitrogens is 2. The molecule has 0 radical (unpaired) electrons. The van der Waals surface area contributed by atoms with E-state index < -0.39 is 0 Å². The number of thiophene rings is 1. The van der Waals surface area contributed by atoms with E-state index in [0.29, 0.717) is 13.1 Å². The van der Waals surface area contributed by atoms with Crippen LogP contribution in [0.5, 0.6) is 0 Å². The molecule has 4 heterocycles. The SMILES string of the molecule is O=C(c1cc(-c2cccs2)nc2ccccc12)N1CCC(c2nc3ccccc3o2)CC1. The van der Waals surface area contributed by atoms with E-state index in [2.05, 4.69) is 4.98 Å². The number of piperidine rings is 1. The lowest BCUT2D eigenvalue weighted by Gasteiger charge is -2.31. The number of benzene rings is 2. The van der Waals surface area contributed by atoms with Crippen molar-refractivity contribution in [3.05, 3.63) is 83.6 Å². The maximum absolute atomic E-state index is 13.6. The van der Waals surface area contributed by atoms with Crippen LogP contribution in [-0.4, -0.2) is 33.9 Å². The maximum atomic E-state index is 13.6. The van der Waals surface area contributed by atoms with E-state index in [-0.39, 0.29) is 11.8 Å². The molecular weight excluding hydrogens is 418 g/mol. The molecule has 0 aliphatic carbocycles. The summed E-state index contributed by atoms with van der Waals surface area (Å²) in [6.45, 7) is 1.38. The van der Waals surface area contributed by atoms with Crippen LogP contribution in [0.2, 0.25) is 0 Å². The van der Waals surface area contributed by atoms with Crippen LogP contribution in [0.15, 0.2) is 76.5 Å². The van der Waals surface area contributed by atoms with Crippen molar-refractivity contribution in [1.29, 1.82) is 0 Å². The van der Waals surface area contributed by atoms with Crippen LogP contribution in [0.3, 0.4) is 0 Å². The smallest absolute Gasteiger partial charge is 0.254 e. The first-order chi connectivity index (χ1) is 15.8. The van der Waals surface area contributed by atoms with Crippen molar-refractivity contribution in [3.8, 4) is 10.6 Å². The van der Waals surface area contributed by atoms with Gasteiger partial charge in [0.1, 0.15) is 5.52 Å². The second kappa shape index (κ2) is 7.88. The van der Waals surface area contributed by atoms with E-state index >= 15 is 0 Å². The lowest BCUT2D eigenvalue weighted by molar-refractivity contribution is 0.0708. The molecule has 0 bridgehead atoms. The van der Waals surface area contributed by atoms with Gasteiger partial charge in [-0.3, -0.25) is 4.79 Å². The Labute approximate surface area is 189 Å². The summed E-state index contributed by atoms with van der Waals surface area (Å²) < 4.78 is 5.98. The minimum Gasteiger partial charge on any atom is -0.440 e. The highest BCUT2D eigenvalue weighted by Crippen LogP contribution is 2.32. The molecule has 0 atom stereocenters. The Balaban J connectivity index is 1.27. The number of nitrogens with zero attached hydrogens (tertiary/aromatic N) is 3. The monoisotopic (exact) mass is 439 g/mol. The number of likely N-dealkylation sites (tertiary alicyclic amines) is 1. The third kappa shape index (κ3) is 3.37. The number of hydrogen-bond acceptors (Lipinski definition) is 5. The predicted molar refractivity (Wildman–Crippen MR) is 127 cm³/mol. The van der Waals surface area contributed by atoms with E-state index in [0.717, 1.165) is 56.9 Å². The summed E-state index contributed by atoms with van der Waals surface area (Å²) in [7, 11) is 0. The number of hydrogen-bond donors (Lipinski definition) is 0. The molecule has 1 fully saturated rings. The molecule has 1 aliphatic rings. The fourth-order valence-corrected chi connectivity index (χ4v) is 5.15. The fourth-order valence-electron chi connectivity index (χ4n) is 4.47. The molecular formula is C26H21N3O2S. The van der Waals surface area contributed by atoms with Gasteiger partial charge in [0.2, 0.25) is 0 Å². The predicted octanol–water partition coefficient (Wildman–Crippen LogP) is 6.12. The van der Waals surface area contributed by atoms with Crippen LogP contribution in [0.1, 0.15) is 35.0 Å². The molecule has 1 aliphatic heterocycles. The second-order valence-corrected chi connectivity index (χ2v) is 9.08. The van der Waals surface area contributed by atoms with Crippen LogP contribution in [0.4, 0.5) is 0 Å². The molecule has 0 spiro atoms. The van der Waals surface area contributed by atoms with Gasteiger partial charge in [-0.1, -0.05) is 36.4 Å². The van der Waals surface area contributed by atoms with Gasteiger partial charge in [0.25, 0.3) is 5.91 Å². The molecule has 0 saturated carbocycles. The second-order valence-electron chi connectivity index (χ2n) is 8.14. The summed E-state index contributed by atoms with van der Waals surface area (Å²) in [6.07, 6.45) is 1.69. The van der Waals surface area contributed by atoms with E-state index in [1.165, 1.54) is 0 Å². The van der Waals surface area contributed by atoms with Crippen LogP contribution in [0.25, 0.3) is 32.6 Å². The zero-order valence-electron chi connectivity index (χ0n) is 17.4. The highest BCUT2D eigenvalue weighted by atomic mass is 32.1. The third-order valence-corrected chi connectivity index (χ3v) is 7.05. The molecule has 3 aromatic heterocycles. The summed E-state index contributed by atoms with van der Waals surface area (Å²) >= 11 is 1.64. The summed E-state index contributed by atoms with van der Waals surface area (Å²) in [6, 6.07) is 21.7. The average molecular weight is 440 g/mol. The number of fused-ring (bicyclic) bond motifs is 2. The Morgan fingerprint density at radius 2 is 1.72 bits per heavy atom. The van der Waals surface area contributed by atoms with Crippen molar-refractivity contribution in [3.63, 3.8) is 0 Å². The minimum absolute atomic E-state index is 0.0671. The Hall–Kier alpha value is -3.51. The van der Waals surface area contributed by atoms with Crippen LogP contribution in [0, 0.1) is 0 Å². The van der Waals surface area contributed by atoms with E-state index in [1.807, 2.05) is 77.0 Å². The van der Waals surface area contributed by atoms with Crippen molar-refractivity contribution in [2.45, 2.75) is 18.8 Å². The standard InChI is InChI=1S/C26H21N3O2S/c30-26(19-16-22(24-10-5-15-32-24)27-20-7-2-1-6-18(19)20)29-13-11-17(12-14-29)25-28-21-8-3-4-9-23(21)31-25/h1-10,15-17H,11-14H2. The van der Waals surface area contributed by atoms with Crippen LogP contribution < -0.4 is 0 Å². The largest absolute Gasteiger partial charge is 0.440 e. The molecule has 1 saturated heterocycles. The first kappa shape index (κ1) is 19.2. The molecule has 0 unspecified atom stereocenters. The quantitative estimate of drug-likeness (QED) is 0.340. The van der Waals surface area contributed by atoms with Crippen molar-refractivity contribution in [2.24, 2.45) is 0 Å². The average Bonchev–Trinajstić information content (AvgIpc) is 3.53. The Morgan fingerprint density at radius 1 is 0.938 bits per heavy atom. The molecule has 2 aromatic carbocycles. The highest BCUT2D eigenvalue weighted by Gasteiger charge is 2.28. The summed E-state index contributed by atoms with van der Waals surface area (Å²) in [5.74, 6) is 1.09. The Morgan fingerprint density at radius 3 is 2.50 bits per heavy atom. The fraction of sp³-hybridized carbons (Fsp3) is 0.192. The van der Waals surface area contributed by atoms with E-state index in [9.17, 15) is 4.79 Å². The first-order valence-electron chi connectivity index (χ1n) is 10.8. The Bertz CT molecular complexity index is 1380. The van der Waals surface area contributed by atoms with E-state index in [1.54, 1.807) is 11.3 Å². The molecule has 1 amide bonds. The number of carbonyl (C=O) groups is 1. The van der Waals surface area contributed by atoms with Crippen molar-refractivity contribution in [1.82, 2.24) is 14.9 Å². The van der Waals surface area contributed by atoms with Gasteiger partial charge in [0.05, 0.1) is 21.7 Å². The number of oxazole rings is 1. The van der Waals surface area contributed by atoms with Crippen molar-refractivity contribution >= 4 is 39.2 Å². The van der Waals surface area contributed by atoms with E-state index in [4.69, 9.17) is 9.40 Å². The summed E-state index contributed by atoms with van der Waals surface area (Å²) in [5.41, 5.74) is 4.14. The molecule has 6 heteroatoms. The van der Waals surface area contributed by atoms with Crippen LogP contribution in [-0.2, 0) is 0 Å². The Kier molecular flexibility index (Phi) is 4.72. The van der Waals surface area contributed by atoms with Gasteiger partial charge < -0.3 is 9.32 Å². The number of carbonyl (C=O) groups excluding carboxylic acids is 1. The number of rotatable bonds is 3. The lowest BCUT2D eigenvalue weighted by atomic mass is 9.95. The first-order valence-corrected chi connectivity index (χ1v) is 11.7. The number of para-hydroxylation sites is 3. The van der Waals surface area contributed by atoms with Crippen molar-refractivity contribution < 1.29 is 9.21 Å². The normalized spacial score (nSPS) is 14.9. The zero-order valence-corrected chi connectivity index (χ0v) is 18.2. The lowest BCUT2D eigenvalue weighted by Crippen LogP contribution is -2.38. The van der Waals surface area contributed by atoms with Gasteiger partial charge in [-0.15, -0.1) is 11.3 Å². The van der Waals surface area contributed by atoms with Crippen LogP contribution >= 0.6 is 11.3 Å². The van der Waals surface area contributed by atoms with Gasteiger partial charge in [-0.05, 0) is 48.6 Å². The van der Waals surface area contributed by atoms with Gasteiger partial charge in [0, 0.05) is 24.4 Å². The van der Waals surface area contributed by atoms with Gasteiger partial charge in [-0.25, -0.2) is 9.97 Å². The topological polar surface area (TPSA) is 59.2 Å². The number of pyridine rings is 1. The zero-order chi connectivity index (χ0) is 21.5. The molecule has 5 aromatic rings. The highest BCUT2D eigenvalue weighted by molar-refractivity contribution is 7.13. The van der Waals surface area contributed by atoms with Gasteiger partial charge in [-0.2, -0.15) is 0 Å². The molecule has 32 heavy (non-hydrogen) atoms. The molecule has 0 N–H and O–H groups in total. The van der Waals surface area contributed by atoms with Gasteiger partial charge >= 0.3 is 0 Å². The molecule has 5 nitrogen and oxygen atoms in total. The molecule has 158 valence electrons. The summed E-state index contributed by atoms with van der Waals surface area (Å²) in [5, 5.41) is 2.93. The van der Waals surface area contributed by atoms with Crippen molar-refractivity contribution in [2.75, 3.05) is 13.1 Å². The number of amides is 1. The maximum Gasteiger partial charge on any atom is 0.254 e. The third-order valence-electron chi connectivity index (χ3n) is 6.16. The summed E-state index contributed by atoms with van der Waals surface area (Å²) in [4.78, 5) is 26.1. The van der Waals surface area contributed by atoms with Gasteiger partial charge in [0.15, 0.2) is 11.5 Å². The molecule has 6 rings (SSSR count).